The van der Waals surface area contributed by atoms with E-state index in [0.29, 0.717) is 11.3 Å². The van der Waals surface area contributed by atoms with Crippen LogP contribution in [-0.4, -0.2) is 24.9 Å². The van der Waals surface area contributed by atoms with Gasteiger partial charge in [0.15, 0.2) is 5.82 Å². The Kier molecular flexibility index (Phi) is 3.06. The summed E-state index contributed by atoms with van der Waals surface area (Å²) in [6.45, 7) is 1.96. The summed E-state index contributed by atoms with van der Waals surface area (Å²) in [4.78, 5) is 19.0. The molecule has 0 atom stereocenters. The van der Waals surface area contributed by atoms with E-state index < -0.39 is 0 Å². The third-order valence-corrected chi connectivity index (χ3v) is 3.30. The summed E-state index contributed by atoms with van der Waals surface area (Å²) in [5.41, 5.74) is 2.11. The van der Waals surface area contributed by atoms with E-state index in [9.17, 15) is 9.90 Å². The third kappa shape index (κ3) is 2.31. The molecule has 0 radical (unpaired) electrons. The van der Waals surface area contributed by atoms with Crippen LogP contribution in [0, 0.1) is 6.92 Å². The van der Waals surface area contributed by atoms with E-state index in [2.05, 4.69) is 15.1 Å². The number of hydrogen-bond acceptors (Lipinski definition) is 4. The molecule has 2 N–H and O–H groups in total. The van der Waals surface area contributed by atoms with Crippen LogP contribution in [0.3, 0.4) is 0 Å². The van der Waals surface area contributed by atoms with E-state index in [0.717, 1.165) is 5.56 Å². The predicted molar refractivity (Wildman–Crippen MR) is 78.9 cm³/mol. The Labute approximate surface area is 120 Å². The van der Waals surface area contributed by atoms with Gasteiger partial charge in [-0.15, -0.1) is 0 Å². The van der Waals surface area contributed by atoms with Crippen molar-refractivity contribution < 1.29 is 5.11 Å². The molecule has 21 heavy (non-hydrogen) atoms. The molecule has 0 amide bonds. The van der Waals surface area contributed by atoms with Gasteiger partial charge < -0.3 is 10.1 Å². The molecule has 0 aliphatic rings. The van der Waals surface area contributed by atoms with Crippen LogP contribution in [0.25, 0.3) is 22.6 Å². The highest BCUT2D eigenvalue weighted by atomic mass is 16.3. The molecule has 0 aliphatic carbocycles. The van der Waals surface area contributed by atoms with Crippen molar-refractivity contribution in [2.24, 2.45) is 7.05 Å². The first kappa shape index (κ1) is 13.1. The minimum Gasteiger partial charge on any atom is -0.493 e. The number of aryl methyl sites for hydroxylation is 2. The largest absolute Gasteiger partial charge is 0.493 e. The maximum Gasteiger partial charge on any atom is 0.262 e. The van der Waals surface area contributed by atoms with E-state index in [-0.39, 0.29) is 22.8 Å². The summed E-state index contributed by atoms with van der Waals surface area (Å²) >= 11 is 0. The summed E-state index contributed by atoms with van der Waals surface area (Å²) in [5.74, 6) is -0.00725. The molecule has 3 rings (SSSR count). The molecule has 0 saturated heterocycles. The fourth-order valence-electron chi connectivity index (χ4n) is 2.17. The van der Waals surface area contributed by atoms with E-state index in [1.807, 2.05) is 19.1 Å². The normalized spacial score (nSPS) is 10.8. The van der Waals surface area contributed by atoms with Crippen molar-refractivity contribution in [2.75, 3.05) is 0 Å². The van der Waals surface area contributed by atoms with Crippen LogP contribution in [0.2, 0.25) is 0 Å². The number of rotatable bonds is 2. The monoisotopic (exact) mass is 282 g/mol. The van der Waals surface area contributed by atoms with E-state index in [1.54, 1.807) is 36.1 Å². The maximum atomic E-state index is 12.3. The minimum atomic E-state index is -0.387. The molecule has 0 spiro atoms. The topological polar surface area (TPSA) is 83.8 Å². The van der Waals surface area contributed by atoms with Gasteiger partial charge in [0.05, 0.1) is 0 Å². The molecule has 1 aromatic carbocycles. The summed E-state index contributed by atoms with van der Waals surface area (Å²) in [7, 11) is 1.74. The molecule has 0 aliphatic heterocycles. The number of H-pyrrole nitrogens is 1. The van der Waals surface area contributed by atoms with Gasteiger partial charge in [-0.3, -0.25) is 9.48 Å². The molecule has 106 valence electrons. The summed E-state index contributed by atoms with van der Waals surface area (Å²) in [5, 5.41) is 14.1. The smallest absolute Gasteiger partial charge is 0.262 e. The molecular formula is C15H14N4O2. The van der Waals surface area contributed by atoms with E-state index >= 15 is 0 Å². The van der Waals surface area contributed by atoms with Crippen LogP contribution in [0.1, 0.15) is 5.56 Å². The van der Waals surface area contributed by atoms with Crippen LogP contribution >= 0.6 is 0 Å². The second kappa shape index (κ2) is 4.90. The fraction of sp³-hybridized carbons (Fsp3) is 0.133. The minimum absolute atomic E-state index is 0.168. The SMILES string of the molecule is Cc1ccc(-c2c(O)nc(-c3ccnn3C)[nH]c2=O)cc1. The standard InChI is InChI=1S/C15H14N4O2/c1-9-3-5-10(6-4-9)12-14(20)17-13(18-15(12)21)11-7-8-16-19(11)2/h3-8H,1-2H3,(H2,17,18,20,21). The Balaban J connectivity index is 2.15. The van der Waals surface area contributed by atoms with Crippen molar-refractivity contribution in [1.82, 2.24) is 19.7 Å². The van der Waals surface area contributed by atoms with Crippen molar-refractivity contribution in [3.05, 3.63) is 52.4 Å². The maximum absolute atomic E-state index is 12.3. The molecule has 3 aromatic rings. The predicted octanol–water partition coefficient (Wildman–Crippen LogP) is 1.85. The van der Waals surface area contributed by atoms with Gasteiger partial charge in [-0.25, -0.2) is 0 Å². The van der Waals surface area contributed by atoms with Crippen LogP contribution in [0.4, 0.5) is 0 Å². The van der Waals surface area contributed by atoms with Crippen molar-refractivity contribution >= 4 is 0 Å². The lowest BCUT2D eigenvalue weighted by Crippen LogP contribution is -2.13. The average molecular weight is 282 g/mol. The zero-order valence-corrected chi connectivity index (χ0v) is 11.7. The van der Waals surface area contributed by atoms with Gasteiger partial charge >= 0.3 is 0 Å². The first-order valence-electron chi connectivity index (χ1n) is 6.45. The molecule has 6 heteroatoms. The van der Waals surface area contributed by atoms with Crippen LogP contribution in [0.5, 0.6) is 5.88 Å². The number of nitrogens with zero attached hydrogens (tertiary/aromatic N) is 3. The fourth-order valence-corrected chi connectivity index (χ4v) is 2.17. The quantitative estimate of drug-likeness (QED) is 0.751. The number of nitrogens with one attached hydrogen (secondary N) is 1. The molecule has 2 heterocycles. The Bertz CT molecular complexity index is 847. The highest BCUT2D eigenvalue weighted by molar-refractivity contribution is 5.68. The van der Waals surface area contributed by atoms with E-state index in [1.165, 1.54) is 0 Å². The first-order valence-corrected chi connectivity index (χ1v) is 6.45. The number of aromatic hydroxyl groups is 1. The van der Waals surface area contributed by atoms with Gasteiger partial charge in [0, 0.05) is 13.2 Å². The molecule has 2 aromatic heterocycles. The molecule has 0 saturated carbocycles. The molecule has 6 nitrogen and oxygen atoms in total. The van der Waals surface area contributed by atoms with Crippen molar-refractivity contribution in [3.63, 3.8) is 0 Å². The zero-order valence-electron chi connectivity index (χ0n) is 11.7. The molecule has 0 unspecified atom stereocenters. The molecular weight excluding hydrogens is 268 g/mol. The lowest BCUT2D eigenvalue weighted by Gasteiger charge is -2.06. The van der Waals surface area contributed by atoms with Crippen LogP contribution in [-0.2, 0) is 7.05 Å². The Hall–Kier alpha value is -2.89. The lowest BCUT2D eigenvalue weighted by molar-refractivity contribution is 0.454. The summed E-state index contributed by atoms with van der Waals surface area (Å²) in [6, 6.07) is 9.03. The van der Waals surface area contributed by atoms with Crippen LogP contribution in [0.15, 0.2) is 41.3 Å². The van der Waals surface area contributed by atoms with Crippen molar-refractivity contribution in [2.45, 2.75) is 6.92 Å². The van der Waals surface area contributed by atoms with Gasteiger partial charge in [-0.1, -0.05) is 29.8 Å². The number of benzene rings is 1. The molecule has 0 fully saturated rings. The van der Waals surface area contributed by atoms with Gasteiger partial charge in [-0.05, 0) is 18.6 Å². The van der Waals surface area contributed by atoms with Crippen molar-refractivity contribution in [1.29, 1.82) is 0 Å². The van der Waals surface area contributed by atoms with Crippen molar-refractivity contribution in [3.8, 4) is 28.5 Å². The van der Waals surface area contributed by atoms with Gasteiger partial charge in [0.1, 0.15) is 11.3 Å². The van der Waals surface area contributed by atoms with E-state index in [4.69, 9.17) is 0 Å². The number of aromatic nitrogens is 4. The second-order valence-electron chi connectivity index (χ2n) is 4.82. The Morgan fingerprint density at radius 1 is 1.19 bits per heavy atom. The first-order chi connectivity index (χ1) is 10.1. The summed E-state index contributed by atoms with van der Waals surface area (Å²) in [6.07, 6.45) is 1.60. The third-order valence-electron chi connectivity index (χ3n) is 3.30. The van der Waals surface area contributed by atoms with Crippen LogP contribution < -0.4 is 5.56 Å². The average Bonchev–Trinajstić information content (AvgIpc) is 2.86. The zero-order chi connectivity index (χ0) is 15.0. The summed E-state index contributed by atoms with van der Waals surface area (Å²) < 4.78 is 1.57. The highest BCUT2D eigenvalue weighted by Crippen LogP contribution is 2.25. The van der Waals surface area contributed by atoms with Gasteiger partial charge in [0.25, 0.3) is 5.56 Å². The number of hydrogen-bond donors (Lipinski definition) is 2. The van der Waals surface area contributed by atoms with Gasteiger partial charge in [-0.2, -0.15) is 10.1 Å². The second-order valence-corrected chi connectivity index (χ2v) is 4.82. The lowest BCUT2D eigenvalue weighted by atomic mass is 10.1. The Morgan fingerprint density at radius 3 is 2.48 bits per heavy atom. The van der Waals surface area contributed by atoms with Gasteiger partial charge in [0.2, 0.25) is 5.88 Å². The Morgan fingerprint density at radius 2 is 1.90 bits per heavy atom. The number of aromatic amines is 1. The highest BCUT2D eigenvalue weighted by Gasteiger charge is 2.15. The molecule has 0 bridgehead atoms.